The fourth-order valence-corrected chi connectivity index (χ4v) is 2.60. The Hall–Kier alpha value is -2.82. The maximum Gasteiger partial charge on any atom is 0.251 e. The zero-order chi connectivity index (χ0) is 19.3. The molecule has 0 aliphatic heterocycles. The summed E-state index contributed by atoms with van der Waals surface area (Å²) in [4.78, 5) is 25.2. The zero-order valence-corrected chi connectivity index (χ0v) is 15.9. The van der Waals surface area contributed by atoms with Crippen molar-refractivity contribution in [2.24, 2.45) is 5.92 Å². The molecule has 0 radical (unpaired) electrons. The summed E-state index contributed by atoms with van der Waals surface area (Å²) in [6.07, 6.45) is 0. The van der Waals surface area contributed by atoms with Crippen LogP contribution >= 0.6 is 0 Å². The van der Waals surface area contributed by atoms with Crippen molar-refractivity contribution < 1.29 is 14.3 Å². The van der Waals surface area contributed by atoms with Gasteiger partial charge >= 0.3 is 0 Å². The first-order valence-electron chi connectivity index (χ1n) is 8.65. The molecule has 0 heterocycles. The molecule has 0 spiro atoms. The summed E-state index contributed by atoms with van der Waals surface area (Å²) in [5, 5.41) is 5.77. The number of hydrogen-bond acceptors (Lipinski definition) is 3. The minimum Gasteiger partial charge on any atom is -0.497 e. The van der Waals surface area contributed by atoms with E-state index < -0.39 is 6.04 Å². The molecule has 2 amide bonds. The quantitative estimate of drug-likeness (QED) is 0.831. The molecule has 0 aliphatic carbocycles. The number of carbonyl (C=O) groups excluding carboxylic acids is 2. The van der Waals surface area contributed by atoms with Crippen LogP contribution in [0.2, 0.25) is 0 Å². The van der Waals surface area contributed by atoms with Crippen LogP contribution in [0.5, 0.6) is 5.75 Å². The zero-order valence-electron chi connectivity index (χ0n) is 15.9. The highest BCUT2D eigenvalue weighted by atomic mass is 16.5. The molecule has 2 N–H and O–H groups in total. The number of methoxy groups -OCH3 is 1. The number of aryl methyl sites for hydroxylation is 1. The first-order chi connectivity index (χ1) is 12.3. The highest BCUT2D eigenvalue weighted by Gasteiger charge is 2.25. The number of benzene rings is 2. The summed E-state index contributed by atoms with van der Waals surface area (Å²) in [6, 6.07) is 11.9. The van der Waals surface area contributed by atoms with Crippen molar-refractivity contribution in [2.45, 2.75) is 33.7 Å². The van der Waals surface area contributed by atoms with Gasteiger partial charge in [0.25, 0.3) is 5.91 Å². The van der Waals surface area contributed by atoms with Gasteiger partial charge in [-0.05, 0) is 61.2 Å². The number of rotatable bonds is 6. The second-order valence-electron chi connectivity index (χ2n) is 6.66. The van der Waals surface area contributed by atoms with E-state index in [9.17, 15) is 9.59 Å². The second kappa shape index (κ2) is 8.52. The molecule has 0 aromatic heterocycles. The Balaban J connectivity index is 2.13. The van der Waals surface area contributed by atoms with Crippen molar-refractivity contribution in [3.8, 4) is 5.75 Å². The lowest BCUT2D eigenvalue weighted by atomic mass is 10.0. The molecule has 1 atom stereocenters. The maximum absolute atomic E-state index is 12.7. The number of amides is 2. The van der Waals surface area contributed by atoms with Crippen LogP contribution < -0.4 is 15.4 Å². The Kier molecular flexibility index (Phi) is 6.39. The van der Waals surface area contributed by atoms with E-state index in [1.165, 1.54) is 0 Å². The molecule has 0 saturated carbocycles. The van der Waals surface area contributed by atoms with Crippen molar-refractivity contribution in [1.82, 2.24) is 5.32 Å². The summed E-state index contributed by atoms with van der Waals surface area (Å²) in [6.45, 7) is 7.77. The van der Waals surface area contributed by atoms with Crippen LogP contribution in [0, 0.1) is 19.8 Å². The van der Waals surface area contributed by atoms with Crippen molar-refractivity contribution in [1.29, 1.82) is 0 Å². The van der Waals surface area contributed by atoms with Gasteiger partial charge in [-0.15, -0.1) is 0 Å². The van der Waals surface area contributed by atoms with E-state index in [4.69, 9.17) is 4.74 Å². The van der Waals surface area contributed by atoms with Crippen molar-refractivity contribution in [2.75, 3.05) is 12.4 Å². The third-order valence-corrected chi connectivity index (χ3v) is 4.45. The Labute approximate surface area is 154 Å². The van der Waals surface area contributed by atoms with Gasteiger partial charge in [-0.1, -0.05) is 26.0 Å². The van der Waals surface area contributed by atoms with Crippen LogP contribution in [-0.4, -0.2) is 25.0 Å². The number of anilines is 1. The lowest BCUT2D eigenvalue weighted by molar-refractivity contribution is -0.118. The summed E-state index contributed by atoms with van der Waals surface area (Å²) < 4.78 is 5.10. The van der Waals surface area contributed by atoms with Gasteiger partial charge in [-0.3, -0.25) is 9.59 Å². The van der Waals surface area contributed by atoms with Crippen molar-refractivity contribution in [3.05, 3.63) is 59.2 Å². The molecule has 1 unspecified atom stereocenters. The van der Waals surface area contributed by atoms with Crippen LogP contribution in [0.1, 0.15) is 35.3 Å². The summed E-state index contributed by atoms with van der Waals surface area (Å²) in [5.41, 5.74) is 3.37. The number of ether oxygens (including phenoxy) is 1. The van der Waals surface area contributed by atoms with E-state index in [0.717, 1.165) is 16.8 Å². The van der Waals surface area contributed by atoms with Crippen LogP contribution in [0.15, 0.2) is 42.5 Å². The normalized spacial score (nSPS) is 11.8. The van der Waals surface area contributed by atoms with Gasteiger partial charge in [0.2, 0.25) is 5.91 Å². The van der Waals surface area contributed by atoms with E-state index in [1.807, 2.05) is 45.9 Å². The monoisotopic (exact) mass is 354 g/mol. The van der Waals surface area contributed by atoms with Gasteiger partial charge in [0.15, 0.2) is 0 Å². The molecule has 2 aromatic rings. The SMILES string of the molecule is COc1ccc(C(=O)NC(C(=O)Nc2cccc(C)c2C)C(C)C)cc1. The second-order valence-corrected chi connectivity index (χ2v) is 6.66. The molecule has 0 aliphatic rings. The average Bonchev–Trinajstić information content (AvgIpc) is 2.63. The lowest BCUT2D eigenvalue weighted by Crippen LogP contribution is -2.47. The number of nitrogens with one attached hydrogen (secondary N) is 2. The first kappa shape index (κ1) is 19.5. The minimum atomic E-state index is -0.635. The van der Waals surface area contributed by atoms with E-state index >= 15 is 0 Å². The molecular weight excluding hydrogens is 328 g/mol. The highest BCUT2D eigenvalue weighted by molar-refractivity contribution is 6.01. The van der Waals surface area contributed by atoms with Gasteiger partial charge in [-0.2, -0.15) is 0 Å². The third kappa shape index (κ3) is 4.63. The Morgan fingerprint density at radius 3 is 2.23 bits per heavy atom. The van der Waals surface area contributed by atoms with Crippen LogP contribution in [0.3, 0.4) is 0 Å². The fraction of sp³-hybridized carbons (Fsp3) is 0.333. The number of hydrogen-bond donors (Lipinski definition) is 2. The smallest absolute Gasteiger partial charge is 0.251 e. The Morgan fingerprint density at radius 1 is 1.00 bits per heavy atom. The molecular formula is C21H26N2O3. The molecule has 5 heteroatoms. The summed E-state index contributed by atoms with van der Waals surface area (Å²) in [7, 11) is 1.57. The van der Waals surface area contributed by atoms with E-state index in [1.54, 1.807) is 31.4 Å². The van der Waals surface area contributed by atoms with Gasteiger partial charge in [0.1, 0.15) is 11.8 Å². The van der Waals surface area contributed by atoms with Gasteiger partial charge in [-0.25, -0.2) is 0 Å². The molecule has 26 heavy (non-hydrogen) atoms. The topological polar surface area (TPSA) is 67.4 Å². The Morgan fingerprint density at radius 2 is 1.65 bits per heavy atom. The van der Waals surface area contributed by atoms with Gasteiger partial charge in [0, 0.05) is 11.3 Å². The van der Waals surface area contributed by atoms with E-state index in [-0.39, 0.29) is 17.7 Å². The highest BCUT2D eigenvalue weighted by Crippen LogP contribution is 2.19. The fourth-order valence-electron chi connectivity index (χ4n) is 2.60. The van der Waals surface area contributed by atoms with Gasteiger partial charge < -0.3 is 15.4 Å². The molecule has 0 saturated heterocycles. The molecule has 138 valence electrons. The van der Waals surface area contributed by atoms with Crippen molar-refractivity contribution >= 4 is 17.5 Å². The van der Waals surface area contributed by atoms with Crippen LogP contribution in [-0.2, 0) is 4.79 Å². The summed E-state index contributed by atoms with van der Waals surface area (Å²) >= 11 is 0. The molecule has 0 bridgehead atoms. The molecule has 2 aromatic carbocycles. The molecule has 2 rings (SSSR count). The molecule has 5 nitrogen and oxygen atoms in total. The predicted molar refractivity (Wildman–Crippen MR) is 104 cm³/mol. The maximum atomic E-state index is 12.7. The number of carbonyl (C=O) groups is 2. The molecule has 0 fully saturated rings. The van der Waals surface area contributed by atoms with Crippen molar-refractivity contribution in [3.63, 3.8) is 0 Å². The van der Waals surface area contributed by atoms with Crippen LogP contribution in [0.4, 0.5) is 5.69 Å². The van der Waals surface area contributed by atoms with Gasteiger partial charge in [0.05, 0.1) is 7.11 Å². The predicted octanol–water partition coefficient (Wildman–Crippen LogP) is 3.71. The first-order valence-corrected chi connectivity index (χ1v) is 8.65. The largest absolute Gasteiger partial charge is 0.497 e. The minimum absolute atomic E-state index is 0.0534. The lowest BCUT2D eigenvalue weighted by Gasteiger charge is -2.22. The summed E-state index contributed by atoms with van der Waals surface area (Å²) in [5.74, 6) is 0.106. The third-order valence-electron chi connectivity index (χ3n) is 4.45. The van der Waals surface area contributed by atoms with E-state index in [2.05, 4.69) is 10.6 Å². The van der Waals surface area contributed by atoms with E-state index in [0.29, 0.717) is 11.3 Å². The standard InChI is InChI=1S/C21H26N2O3/c1-13(2)19(21(25)22-18-8-6-7-14(3)15(18)4)23-20(24)16-9-11-17(26-5)12-10-16/h6-13,19H,1-5H3,(H,22,25)(H,23,24). The average molecular weight is 354 g/mol. The Bertz CT molecular complexity index is 782. The van der Waals surface area contributed by atoms with Crippen LogP contribution in [0.25, 0.3) is 0 Å².